The molecule has 196 valence electrons. The van der Waals surface area contributed by atoms with Gasteiger partial charge in [0.05, 0.1) is 0 Å². The standard InChI is InChI=1S/C12H12N2O3S.C9H8N2O3S.C3H5Br/c1-3-5-18-12-13-10(16)9-7(4-2)6-8(15)17-11(9)14-12;1-2-4-3-5(12)14-8-6(4)7(13)10-9(15)11-8;1-2-3-4/h3,6H,1,4-5H2,2H3,(H,13,14,16);3H,2H2,1H3,(H2,10,11,13,15);2H,1,3H2. The van der Waals surface area contributed by atoms with E-state index in [1.165, 1.54) is 23.9 Å². The van der Waals surface area contributed by atoms with Crippen molar-refractivity contribution in [2.75, 3.05) is 11.1 Å². The van der Waals surface area contributed by atoms with E-state index in [-0.39, 0.29) is 27.3 Å². The number of allylic oxidation sites excluding steroid dienone is 1. The van der Waals surface area contributed by atoms with E-state index in [1.54, 1.807) is 12.2 Å². The molecule has 0 fully saturated rings. The molecule has 0 atom stereocenters. The third kappa shape index (κ3) is 8.10. The van der Waals surface area contributed by atoms with Gasteiger partial charge >= 0.3 is 11.3 Å². The van der Waals surface area contributed by atoms with E-state index in [0.717, 1.165) is 5.33 Å². The second-order valence-electron chi connectivity index (χ2n) is 7.09. The maximum absolute atomic E-state index is 12.0. The Morgan fingerprint density at radius 1 is 0.946 bits per heavy atom. The lowest BCUT2D eigenvalue weighted by Crippen LogP contribution is -2.14. The summed E-state index contributed by atoms with van der Waals surface area (Å²) >= 11 is 9.23. The van der Waals surface area contributed by atoms with E-state index >= 15 is 0 Å². The van der Waals surface area contributed by atoms with Crippen molar-refractivity contribution in [1.82, 2.24) is 19.9 Å². The van der Waals surface area contributed by atoms with E-state index in [4.69, 9.17) is 21.1 Å². The number of H-pyrrole nitrogens is 3. The lowest BCUT2D eigenvalue weighted by molar-refractivity contribution is 0.541. The molecule has 0 spiro atoms. The first-order chi connectivity index (χ1) is 17.7. The number of rotatable bonds is 6. The van der Waals surface area contributed by atoms with Crippen LogP contribution in [0, 0.1) is 4.77 Å². The minimum atomic E-state index is -0.490. The molecule has 37 heavy (non-hydrogen) atoms. The zero-order valence-electron chi connectivity index (χ0n) is 20.1. The monoisotopic (exact) mass is 608 g/mol. The molecule has 0 aliphatic carbocycles. The number of aromatic amines is 3. The molecule has 0 aliphatic heterocycles. The molecule has 0 saturated heterocycles. The third-order valence-electron chi connectivity index (χ3n) is 4.61. The topological polar surface area (TPSA) is 155 Å². The molecule has 0 saturated carbocycles. The van der Waals surface area contributed by atoms with Crippen LogP contribution in [0.2, 0.25) is 0 Å². The van der Waals surface area contributed by atoms with Crippen LogP contribution in [-0.2, 0) is 12.8 Å². The Balaban J connectivity index is 0.000000230. The molecule has 0 bridgehead atoms. The molecule has 3 N–H and O–H groups in total. The number of halogens is 1. The van der Waals surface area contributed by atoms with Crippen LogP contribution in [0.1, 0.15) is 25.0 Å². The van der Waals surface area contributed by atoms with Crippen LogP contribution in [0.4, 0.5) is 0 Å². The quantitative estimate of drug-likeness (QED) is 0.0950. The summed E-state index contributed by atoms with van der Waals surface area (Å²) in [5, 5.41) is 2.02. The fourth-order valence-corrected chi connectivity index (χ4v) is 3.84. The predicted molar refractivity (Wildman–Crippen MR) is 153 cm³/mol. The first-order valence-corrected chi connectivity index (χ1v) is 13.5. The summed E-state index contributed by atoms with van der Waals surface area (Å²) in [5.41, 5.74) is -0.0824. The summed E-state index contributed by atoms with van der Waals surface area (Å²) in [6.07, 6.45) is 4.65. The van der Waals surface area contributed by atoms with Gasteiger partial charge in [0.15, 0.2) is 9.93 Å². The largest absolute Gasteiger partial charge is 0.405 e. The minimum Gasteiger partial charge on any atom is -0.405 e. The predicted octanol–water partition coefficient (Wildman–Crippen LogP) is 4.39. The van der Waals surface area contributed by atoms with Crippen molar-refractivity contribution in [2.45, 2.75) is 31.8 Å². The number of aryl methyl sites for hydroxylation is 2. The van der Waals surface area contributed by atoms with Gasteiger partial charge < -0.3 is 18.8 Å². The summed E-state index contributed by atoms with van der Waals surface area (Å²) in [7, 11) is 0. The van der Waals surface area contributed by atoms with Gasteiger partial charge in [-0.2, -0.15) is 4.98 Å². The van der Waals surface area contributed by atoms with Crippen LogP contribution in [-0.4, -0.2) is 31.0 Å². The van der Waals surface area contributed by atoms with Gasteiger partial charge in [-0.25, -0.2) is 9.59 Å². The molecule has 0 amide bonds. The summed E-state index contributed by atoms with van der Waals surface area (Å²) in [6.45, 7) is 10.7. The van der Waals surface area contributed by atoms with Crippen molar-refractivity contribution in [3.05, 3.63) is 94.9 Å². The Morgan fingerprint density at radius 2 is 1.51 bits per heavy atom. The summed E-state index contributed by atoms with van der Waals surface area (Å²) in [4.78, 5) is 57.9. The SMILES string of the molecule is C=CCBr.C=CCSc1nc2oc(=O)cc(CC)c2c(=O)[nH]1.CCc1cc(=O)oc2[nH]c(=S)[nH]c(=O)c12. The first kappa shape index (κ1) is 29.9. The maximum Gasteiger partial charge on any atom is 0.337 e. The zero-order chi connectivity index (χ0) is 27.5. The molecule has 0 unspecified atom stereocenters. The number of hydrogen-bond acceptors (Lipinski definition) is 9. The molecule has 10 nitrogen and oxygen atoms in total. The van der Waals surface area contributed by atoms with Crippen molar-refractivity contribution in [2.24, 2.45) is 0 Å². The Hall–Kier alpha value is -3.29. The summed E-state index contributed by atoms with van der Waals surface area (Å²) in [5.74, 6) is 0.617. The van der Waals surface area contributed by atoms with Crippen molar-refractivity contribution in [3.63, 3.8) is 0 Å². The van der Waals surface area contributed by atoms with Gasteiger partial charge in [0.25, 0.3) is 11.1 Å². The highest BCUT2D eigenvalue weighted by molar-refractivity contribution is 9.09. The van der Waals surface area contributed by atoms with Crippen LogP contribution >= 0.6 is 39.9 Å². The van der Waals surface area contributed by atoms with Crippen molar-refractivity contribution in [1.29, 1.82) is 0 Å². The summed E-state index contributed by atoms with van der Waals surface area (Å²) < 4.78 is 9.99. The molecule has 0 aliphatic rings. The van der Waals surface area contributed by atoms with Crippen molar-refractivity contribution < 1.29 is 8.83 Å². The third-order valence-corrected chi connectivity index (χ3v) is 6.14. The van der Waals surface area contributed by atoms with Crippen LogP contribution in [0.3, 0.4) is 0 Å². The fraction of sp³-hybridized carbons (Fsp3) is 0.250. The molecule has 0 aromatic carbocycles. The van der Waals surface area contributed by atoms with Crippen molar-refractivity contribution in [3.8, 4) is 0 Å². The second kappa shape index (κ2) is 14.4. The van der Waals surface area contributed by atoms with E-state index in [0.29, 0.717) is 45.7 Å². The average Bonchev–Trinajstić information content (AvgIpc) is 2.86. The van der Waals surface area contributed by atoms with Gasteiger partial charge in [0, 0.05) is 23.2 Å². The highest BCUT2D eigenvalue weighted by Gasteiger charge is 2.11. The molecule has 13 heteroatoms. The van der Waals surface area contributed by atoms with Crippen LogP contribution in [0.25, 0.3) is 22.2 Å². The number of aromatic nitrogens is 4. The number of thioether (sulfide) groups is 1. The van der Waals surface area contributed by atoms with Crippen LogP contribution < -0.4 is 22.4 Å². The average molecular weight is 610 g/mol. The molecule has 4 aromatic heterocycles. The second-order valence-corrected chi connectivity index (χ2v) is 9.16. The smallest absolute Gasteiger partial charge is 0.337 e. The Morgan fingerprint density at radius 3 is 2.08 bits per heavy atom. The number of alkyl halides is 1. The molecule has 4 heterocycles. The van der Waals surface area contributed by atoms with Crippen LogP contribution in [0.15, 0.2) is 70.6 Å². The van der Waals surface area contributed by atoms with Gasteiger partial charge in [-0.1, -0.05) is 53.7 Å². The molecular formula is C24H25BrN4O6S2. The lowest BCUT2D eigenvalue weighted by Gasteiger charge is -2.03. The Kier molecular flexibility index (Phi) is 11.7. The highest BCUT2D eigenvalue weighted by atomic mass is 79.9. The number of nitrogens with one attached hydrogen (secondary N) is 3. The minimum absolute atomic E-state index is 0.0923. The number of fused-ring (bicyclic) bond motifs is 2. The number of nitrogens with zero attached hydrogens (tertiary/aromatic N) is 1. The first-order valence-electron chi connectivity index (χ1n) is 11.0. The normalized spacial score (nSPS) is 10.2. The van der Waals surface area contributed by atoms with E-state index in [2.05, 4.69) is 49.0 Å². The molecule has 4 rings (SSSR count). The van der Waals surface area contributed by atoms with Gasteiger partial charge in [-0.3, -0.25) is 14.6 Å². The van der Waals surface area contributed by atoms with E-state index < -0.39 is 11.3 Å². The lowest BCUT2D eigenvalue weighted by atomic mass is 10.1. The summed E-state index contributed by atoms with van der Waals surface area (Å²) in [6, 6.07) is 2.64. The molecule has 4 aromatic rings. The van der Waals surface area contributed by atoms with Gasteiger partial charge in [-0.15, -0.1) is 13.2 Å². The Bertz CT molecular complexity index is 1700. The number of hydrogen-bond donors (Lipinski definition) is 3. The van der Waals surface area contributed by atoms with E-state index in [1.807, 2.05) is 13.8 Å². The van der Waals surface area contributed by atoms with E-state index in [9.17, 15) is 19.2 Å². The highest BCUT2D eigenvalue weighted by Crippen LogP contribution is 2.16. The maximum atomic E-state index is 12.0. The molecule has 0 radical (unpaired) electrons. The molecular weight excluding hydrogens is 584 g/mol. The Labute approximate surface area is 228 Å². The zero-order valence-corrected chi connectivity index (χ0v) is 23.4. The van der Waals surface area contributed by atoms with Gasteiger partial charge in [0.1, 0.15) is 10.8 Å². The van der Waals surface area contributed by atoms with Gasteiger partial charge in [0.2, 0.25) is 11.4 Å². The van der Waals surface area contributed by atoms with Gasteiger partial charge in [-0.05, 0) is 36.2 Å². The van der Waals surface area contributed by atoms with Crippen molar-refractivity contribution >= 4 is 62.1 Å². The van der Waals surface area contributed by atoms with Crippen LogP contribution in [0.5, 0.6) is 0 Å². The fourth-order valence-electron chi connectivity index (χ4n) is 3.07.